The molecular formula is C18H22N2O. The van der Waals surface area contributed by atoms with E-state index in [-0.39, 0.29) is 12.1 Å². The number of fused-ring (bicyclic) bond motifs is 1. The van der Waals surface area contributed by atoms with Crippen molar-refractivity contribution in [3.8, 4) is 5.75 Å². The van der Waals surface area contributed by atoms with E-state index in [1.165, 1.54) is 11.1 Å². The van der Waals surface area contributed by atoms with Crippen LogP contribution in [0.15, 0.2) is 36.5 Å². The van der Waals surface area contributed by atoms with E-state index in [4.69, 9.17) is 0 Å². The Kier molecular flexibility index (Phi) is 3.68. The maximum atomic E-state index is 10.3. The molecule has 110 valence electrons. The molecule has 1 aromatic heterocycles. The fraction of sp³-hybridized carbons (Fsp3) is 0.389. The molecule has 3 nitrogen and oxygen atoms in total. The zero-order valence-corrected chi connectivity index (χ0v) is 12.8. The molecule has 0 amide bonds. The number of aryl methyl sites for hydroxylation is 1. The predicted octanol–water partition coefficient (Wildman–Crippen LogP) is 3.99. The fourth-order valence-electron chi connectivity index (χ4n) is 3.51. The third-order valence-corrected chi connectivity index (χ3v) is 4.50. The van der Waals surface area contributed by atoms with Crippen LogP contribution in [0, 0.1) is 6.92 Å². The molecule has 2 N–H and O–H groups in total. The standard InChI is InChI=1S/C18H22N2O/c1-11-7-8-16(21)18-15(10-12(2)17(11)18)20-13(3)14-6-4-5-9-19-14/h4-9,12-13,15,20-21H,10H2,1-3H3/t12?,13-,15?/m1/s1. The van der Waals surface area contributed by atoms with Gasteiger partial charge in [-0.15, -0.1) is 0 Å². The van der Waals surface area contributed by atoms with Crippen LogP contribution in [0.4, 0.5) is 0 Å². The third kappa shape index (κ3) is 2.54. The first-order chi connectivity index (χ1) is 10.1. The first kappa shape index (κ1) is 14.1. The Morgan fingerprint density at radius 2 is 2.05 bits per heavy atom. The molecule has 1 aliphatic carbocycles. The number of aromatic hydroxyl groups is 1. The Labute approximate surface area is 126 Å². The minimum absolute atomic E-state index is 0.161. The number of hydrogen-bond acceptors (Lipinski definition) is 3. The molecule has 0 aliphatic heterocycles. The van der Waals surface area contributed by atoms with Gasteiger partial charge in [-0.25, -0.2) is 0 Å². The maximum Gasteiger partial charge on any atom is 0.120 e. The van der Waals surface area contributed by atoms with Crippen molar-refractivity contribution in [2.24, 2.45) is 0 Å². The number of hydrogen-bond donors (Lipinski definition) is 2. The second-order valence-electron chi connectivity index (χ2n) is 6.06. The van der Waals surface area contributed by atoms with Crippen LogP contribution in [-0.2, 0) is 0 Å². The molecule has 3 heteroatoms. The first-order valence-corrected chi connectivity index (χ1v) is 7.57. The number of phenolic OH excluding ortho intramolecular Hbond substituents is 1. The van der Waals surface area contributed by atoms with Gasteiger partial charge < -0.3 is 10.4 Å². The molecule has 1 aromatic carbocycles. The quantitative estimate of drug-likeness (QED) is 0.894. The molecule has 0 radical (unpaired) electrons. The summed E-state index contributed by atoms with van der Waals surface area (Å²) in [5, 5.41) is 13.9. The van der Waals surface area contributed by atoms with Crippen molar-refractivity contribution in [2.75, 3.05) is 0 Å². The van der Waals surface area contributed by atoms with Crippen LogP contribution in [0.5, 0.6) is 5.75 Å². The van der Waals surface area contributed by atoms with Crippen molar-refractivity contribution in [2.45, 2.75) is 45.2 Å². The van der Waals surface area contributed by atoms with Gasteiger partial charge in [0.2, 0.25) is 0 Å². The summed E-state index contributed by atoms with van der Waals surface area (Å²) in [4.78, 5) is 4.41. The minimum Gasteiger partial charge on any atom is -0.508 e. The van der Waals surface area contributed by atoms with Crippen molar-refractivity contribution < 1.29 is 5.11 Å². The zero-order valence-electron chi connectivity index (χ0n) is 12.8. The van der Waals surface area contributed by atoms with Gasteiger partial charge in [-0.3, -0.25) is 4.98 Å². The zero-order chi connectivity index (χ0) is 15.0. The summed E-state index contributed by atoms with van der Waals surface area (Å²) >= 11 is 0. The lowest BCUT2D eigenvalue weighted by molar-refractivity contribution is 0.419. The van der Waals surface area contributed by atoms with Gasteiger partial charge in [0.05, 0.1) is 5.69 Å². The molecule has 21 heavy (non-hydrogen) atoms. The van der Waals surface area contributed by atoms with Crippen molar-refractivity contribution in [3.05, 3.63) is 58.9 Å². The predicted molar refractivity (Wildman–Crippen MR) is 84.4 cm³/mol. The van der Waals surface area contributed by atoms with Gasteiger partial charge in [-0.1, -0.05) is 19.1 Å². The molecule has 3 rings (SSSR count). The second kappa shape index (κ2) is 5.49. The monoisotopic (exact) mass is 282 g/mol. The van der Waals surface area contributed by atoms with Crippen LogP contribution in [0.2, 0.25) is 0 Å². The highest BCUT2D eigenvalue weighted by molar-refractivity contribution is 5.51. The normalized spacial score (nSPS) is 22.0. The van der Waals surface area contributed by atoms with E-state index in [1.54, 1.807) is 0 Å². The molecule has 0 saturated carbocycles. The van der Waals surface area contributed by atoms with Gasteiger partial charge in [-0.2, -0.15) is 0 Å². The Morgan fingerprint density at radius 3 is 2.76 bits per heavy atom. The van der Waals surface area contributed by atoms with Crippen LogP contribution in [0.3, 0.4) is 0 Å². The molecule has 1 heterocycles. The van der Waals surface area contributed by atoms with E-state index in [1.807, 2.05) is 36.5 Å². The smallest absolute Gasteiger partial charge is 0.120 e. The summed E-state index contributed by atoms with van der Waals surface area (Å²) in [6.07, 6.45) is 2.84. The highest BCUT2D eigenvalue weighted by Crippen LogP contribution is 2.46. The van der Waals surface area contributed by atoms with E-state index in [0.717, 1.165) is 17.7 Å². The SMILES string of the molecule is Cc1ccc(O)c2c1C(C)CC2N[C@H](C)c1ccccn1. The number of benzene rings is 1. The van der Waals surface area contributed by atoms with Crippen LogP contribution < -0.4 is 5.32 Å². The number of aromatic nitrogens is 1. The second-order valence-corrected chi connectivity index (χ2v) is 6.06. The maximum absolute atomic E-state index is 10.3. The lowest BCUT2D eigenvalue weighted by Crippen LogP contribution is -2.23. The van der Waals surface area contributed by atoms with Gasteiger partial charge in [0.25, 0.3) is 0 Å². The molecule has 0 fully saturated rings. The largest absolute Gasteiger partial charge is 0.508 e. The summed E-state index contributed by atoms with van der Waals surface area (Å²) in [5.41, 5.74) is 4.68. The van der Waals surface area contributed by atoms with E-state index in [2.05, 4.69) is 31.1 Å². The van der Waals surface area contributed by atoms with Crippen LogP contribution in [-0.4, -0.2) is 10.1 Å². The summed E-state index contributed by atoms with van der Waals surface area (Å²) in [6, 6.07) is 10.1. The van der Waals surface area contributed by atoms with Crippen molar-refractivity contribution in [1.29, 1.82) is 0 Å². The average Bonchev–Trinajstić information content (AvgIpc) is 2.81. The van der Waals surface area contributed by atoms with Crippen molar-refractivity contribution >= 4 is 0 Å². The van der Waals surface area contributed by atoms with E-state index in [0.29, 0.717) is 11.7 Å². The molecule has 0 saturated heterocycles. The van der Waals surface area contributed by atoms with Gasteiger partial charge in [-0.05, 0) is 55.5 Å². The Hall–Kier alpha value is -1.87. The van der Waals surface area contributed by atoms with E-state index in [9.17, 15) is 5.11 Å². The van der Waals surface area contributed by atoms with Crippen LogP contribution in [0.25, 0.3) is 0 Å². The number of pyridine rings is 1. The Morgan fingerprint density at radius 1 is 1.24 bits per heavy atom. The summed E-state index contributed by atoms with van der Waals surface area (Å²) in [7, 11) is 0. The van der Waals surface area contributed by atoms with Crippen LogP contribution in [0.1, 0.15) is 60.7 Å². The van der Waals surface area contributed by atoms with E-state index < -0.39 is 0 Å². The highest BCUT2D eigenvalue weighted by atomic mass is 16.3. The summed E-state index contributed by atoms with van der Waals surface area (Å²) in [5.74, 6) is 0.881. The average molecular weight is 282 g/mol. The lowest BCUT2D eigenvalue weighted by atomic mass is 9.97. The fourth-order valence-corrected chi connectivity index (χ4v) is 3.51. The van der Waals surface area contributed by atoms with E-state index >= 15 is 0 Å². The number of phenols is 1. The van der Waals surface area contributed by atoms with Gasteiger partial charge in [0.15, 0.2) is 0 Å². The molecule has 0 bridgehead atoms. The molecule has 2 aromatic rings. The minimum atomic E-state index is 0.161. The van der Waals surface area contributed by atoms with Gasteiger partial charge in [0, 0.05) is 23.8 Å². The van der Waals surface area contributed by atoms with Crippen molar-refractivity contribution in [1.82, 2.24) is 10.3 Å². The highest BCUT2D eigenvalue weighted by Gasteiger charge is 2.32. The molecule has 1 aliphatic rings. The summed E-state index contributed by atoms with van der Waals surface area (Å²) in [6.45, 7) is 6.48. The molecule has 0 spiro atoms. The Balaban J connectivity index is 1.88. The van der Waals surface area contributed by atoms with Crippen LogP contribution >= 0.6 is 0 Å². The number of nitrogens with zero attached hydrogens (tertiary/aromatic N) is 1. The number of rotatable bonds is 3. The third-order valence-electron chi connectivity index (χ3n) is 4.50. The molecular weight excluding hydrogens is 260 g/mol. The molecule has 3 atom stereocenters. The first-order valence-electron chi connectivity index (χ1n) is 7.57. The lowest BCUT2D eigenvalue weighted by Gasteiger charge is -2.21. The number of nitrogens with one attached hydrogen (secondary N) is 1. The van der Waals surface area contributed by atoms with Gasteiger partial charge >= 0.3 is 0 Å². The Bertz CT molecular complexity index is 639. The van der Waals surface area contributed by atoms with Gasteiger partial charge in [0.1, 0.15) is 5.75 Å². The topological polar surface area (TPSA) is 45.1 Å². The molecule has 2 unspecified atom stereocenters. The summed E-state index contributed by atoms with van der Waals surface area (Å²) < 4.78 is 0. The van der Waals surface area contributed by atoms with Crippen molar-refractivity contribution in [3.63, 3.8) is 0 Å².